The van der Waals surface area contributed by atoms with E-state index in [4.69, 9.17) is 4.98 Å². The number of likely N-dealkylation sites (tertiary alicyclic amines) is 1. The molecule has 5 rings (SSSR count). The van der Waals surface area contributed by atoms with E-state index in [1.165, 1.54) is 30.9 Å². The number of rotatable bonds is 5. The molecule has 1 aliphatic rings. The molecule has 152 valence electrons. The lowest BCUT2D eigenvalue weighted by molar-refractivity contribution is -0.910. The molecule has 0 spiro atoms. The molecule has 4 nitrogen and oxygen atoms in total. The summed E-state index contributed by atoms with van der Waals surface area (Å²) in [5.74, 6) is 0.110. The number of amides is 1. The van der Waals surface area contributed by atoms with Crippen molar-refractivity contribution in [1.82, 2.24) is 10.3 Å². The number of hydrogen-bond donors (Lipinski definition) is 2. The van der Waals surface area contributed by atoms with Crippen molar-refractivity contribution < 1.29 is 9.69 Å². The molecule has 3 aromatic carbocycles. The summed E-state index contributed by atoms with van der Waals surface area (Å²) < 4.78 is 1.23. The molecule has 2 heterocycles. The van der Waals surface area contributed by atoms with Crippen molar-refractivity contribution in [2.24, 2.45) is 0 Å². The monoisotopic (exact) mass is 416 g/mol. The molecule has 1 unspecified atom stereocenters. The van der Waals surface area contributed by atoms with Crippen LogP contribution in [0.5, 0.6) is 0 Å². The van der Waals surface area contributed by atoms with E-state index in [0.29, 0.717) is 12.6 Å². The number of thiazole rings is 1. The van der Waals surface area contributed by atoms with Crippen LogP contribution in [0.1, 0.15) is 42.4 Å². The highest BCUT2D eigenvalue weighted by molar-refractivity contribution is 7.18. The molecule has 3 atom stereocenters. The largest absolute Gasteiger partial charge is 0.345 e. The van der Waals surface area contributed by atoms with E-state index in [0.717, 1.165) is 24.9 Å². The molecule has 1 aromatic heterocycles. The van der Waals surface area contributed by atoms with Crippen molar-refractivity contribution in [1.29, 1.82) is 0 Å². The van der Waals surface area contributed by atoms with Gasteiger partial charge in [0.2, 0.25) is 0 Å². The van der Waals surface area contributed by atoms with Crippen LogP contribution in [0.15, 0.2) is 66.7 Å². The summed E-state index contributed by atoms with van der Waals surface area (Å²) in [4.78, 5) is 19.1. The molecule has 1 saturated heterocycles. The molecular formula is C25H26N3OS+. The maximum absolute atomic E-state index is 12.9. The van der Waals surface area contributed by atoms with Crippen LogP contribution in [0.25, 0.3) is 21.0 Å². The lowest BCUT2D eigenvalue weighted by Crippen LogP contribution is -3.11. The zero-order valence-corrected chi connectivity index (χ0v) is 17.9. The number of carbonyl (C=O) groups excluding carboxylic acids is 1. The zero-order valence-electron chi connectivity index (χ0n) is 17.1. The molecule has 4 aromatic rings. The standard InChI is InChI=1S/C25H25N3OS/c1-17(19-11-6-9-18-8-2-3-10-20(18)19)26-24(29)16-28-15-7-13-22(28)25-27-21-12-4-5-14-23(21)30-25/h2-6,8-12,14,17,22H,7,13,15-16H2,1H3,(H,26,29)/p+1/t17-,22+/m0/s1. The summed E-state index contributed by atoms with van der Waals surface area (Å²) in [5.41, 5.74) is 2.23. The van der Waals surface area contributed by atoms with Crippen LogP contribution in [0, 0.1) is 0 Å². The van der Waals surface area contributed by atoms with Gasteiger partial charge in [0.15, 0.2) is 11.6 Å². The fraction of sp³-hybridized carbons (Fsp3) is 0.280. The topological polar surface area (TPSA) is 46.4 Å². The first kappa shape index (κ1) is 19.2. The van der Waals surface area contributed by atoms with Gasteiger partial charge in [-0.15, -0.1) is 11.3 Å². The minimum absolute atomic E-state index is 0.0218. The van der Waals surface area contributed by atoms with Gasteiger partial charge in [0, 0.05) is 12.8 Å². The maximum atomic E-state index is 12.9. The molecule has 30 heavy (non-hydrogen) atoms. The second-order valence-electron chi connectivity index (χ2n) is 8.16. The van der Waals surface area contributed by atoms with Crippen LogP contribution in [0.2, 0.25) is 0 Å². The van der Waals surface area contributed by atoms with Gasteiger partial charge in [-0.1, -0.05) is 54.6 Å². The molecule has 0 radical (unpaired) electrons. The molecule has 0 saturated carbocycles. The number of nitrogens with one attached hydrogen (secondary N) is 2. The molecule has 2 N–H and O–H groups in total. The molecule has 1 fully saturated rings. The van der Waals surface area contributed by atoms with Gasteiger partial charge in [-0.05, 0) is 35.4 Å². The highest BCUT2D eigenvalue weighted by atomic mass is 32.1. The van der Waals surface area contributed by atoms with Gasteiger partial charge in [-0.3, -0.25) is 4.79 Å². The summed E-state index contributed by atoms with van der Waals surface area (Å²) in [6.07, 6.45) is 2.24. The third-order valence-electron chi connectivity index (χ3n) is 6.15. The van der Waals surface area contributed by atoms with Gasteiger partial charge in [0.25, 0.3) is 5.91 Å². The minimum atomic E-state index is -0.0218. The fourth-order valence-electron chi connectivity index (χ4n) is 4.66. The normalized spacial score (nSPS) is 19.9. The molecule has 0 aliphatic carbocycles. The first-order valence-electron chi connectivity index (χ1n) is 10.7. The van der Waals surface area contributed by atoms with Crippen molar-refractivity contribution in [3.8, 4) is 0 Å². The SMILES string of the molecule is C[C@H](NC(=O)C[NH+]1CCC[C@@H]1c1nc2ccccc2s1)c1cccc2ccccc12. The minimum Gasteiger partial charge on any atom is -0.345 e. The van der Waals surface area contributed by atoms with Crippen molar-refractivity contribution >= 4 is 38.2 Å². The molecular weight excluding hydrogens is 390 g/mol. The second kappa shape index (κ2) is 8.17. The van der Waals surface area contributed by atoms with E-state index in [2.05, 4.69) is 66.8 Å². The van der Waals surface area contributed by atoms with E-state index in [1.54, 1.807) is 11.3 Å². The van der Waals surface area contributed by atoms with E-state index in [9.17, 15) is 4.79 Å². The quantitative estimate of drug-likeness (QED) is 0.516. The van der Waals surface area contributed by atoms with Gasteiger partial charge < -0.3 is 10.2 Å². The fourth-order valence-corrected chi connectivity index (χ4v) is 5.83. The number of nitrogens with zero attached hydrogens (tertiary/aromatic N) is 1. The molecule has 5 heteroatoms. The molecule has 0 bridgehead atoms. The van der Waals surface area contributed by atoms with E-state index < -0.39 is 0 Å². The smallest absolute Gasteiger partial charge is 0.275 e. The number of benzene rings is 3. The van der Waals surface area contributed by atoms with Gasteiger partial charge >= 0.3 is 0 Å². The summed E-state index contributed by atoms with van der Waals surface area (Å²) in [7, 11) is 0. The number of fused-ring (bicyclic) bond motifs is 2. The Kier molecular flexibility index (Phi) is 5.23. The third kappa shape index (κ3) is 3.71. The molecule has 1 aliphatic heterocycles. The Morgan fingerprint density at radius 3 is 2.83 bits per heavy atom. The predicted octanol–water partition coefficient (Wildman–Crippen LogP) is 4.05. The highest BCUT2D eigenvalue weighted by Crippen LogP contribution is 2.28. The van der Waals surface area contributed by atoms with Gasteiger partial charge in [0.1, 0.15) is 6.04 Å². The maximum Gasteiger partial charge on any atom is 0.275 e. The van der Waals surface area contributed by atoms with E-state index >= 15 is 0 Å². The summed E-state index contributed by atoms with van der Waals surface area (Å²) in [5, 5.41) is 6.81. The first-order valence-corrected chi connectivity index (χ1v) is 11.5. The Bertz CT molecular complexity index is 1160. The van der Waals surface area contributed by atoms with Gasteiger partial charge in [0.05, 0.1) is 22.8 Å². The Labute approximate surface area is 180 Å². The summed E-state index contributed by atoms with van der Waals surface area (Å²) in [6.45, 7) is 3.59. The van der Waals surface area contributed by atoms with Gasteiger partial charge in [-0.2, -0.15) is 0 Å². The first-order chi connectivity index (χ1) is 14.7. The van der Waals surface area contributed by atoms with Gasteiger partial charge in [-0.25, -0.2) is 4.98 Å². The second-order valence-corrected chi connectivity index (χ2v) is 9.22. The van der Waals surface area contributed by atoms with Crippen LogP contribution in [0.3, 0.4) is 0 Å². The molecule has 1 amide bonds. The number of carbonyl (C=O) groups is 1. The number of para-hydroxylation sites is 1. The Morgan fingerprint density at radius 1 is 1.13 bits per heavy atom. The van der Waals surface area contributed by atoms with Crippen LogP contribution < -0.4 is 10.2 Å². The Morgan fingerprint density at radius 2 is 1.93 bits per heavy atom. The average Bonchev–Trinajstić information content (AvgIpc) is 3.39. The van der Waals surface area contributed by atoms with Crippen LogP contribution >= 0.6 is 11.3 Å². The van der Waals surface area contributed by atoms with Crippen LogP contribution in [-0.4, -0.2) is 24.0 Å². The summed E-state index contributed by atoms with van der Waals surface area (Å²) >= 11 is 1.77. The number of hydrogen-bond acceptors (Lipinski definition) is 3. The Hall–Kier alpha value is -2.76. The summed E-state index contributed by atoms with van der Waals surface area (Å²) in [6, 6.07) is 23.2. The Balaban J connectivity index is 1.29. The van der Waals surface area contributed by atoms with E-state index in [-0.39, 0.29) is 11.9 Å². The van der Waals surface area contributed by atoms with Crippen molar-refractivity contribution in [3.05, 3.63) is 77.3 Å². The van der Waals surface area contributed by atoms with Crippen molar-refractivity contribution in [3.63, 3.8) is 0 Å². The number of aromatic nitrogens is 1. The average molecular weight is 417 g/mol. The van der Waals surface area contributed by atoms with Crippen LogP contribution in [-0.2, 0) is 4.79 Å². The van der Waals surface area contributed by atoms with Crippen molar-refractivity contribution in [2.45, 2.75) is 31.8 Å². The van der Waals surface area contributed by atoms with E-state index in [1.807, 2.05) is 12.1 Å². The van der Waals surface area contributed by atoms with Crippen molar-refractivity contribution in [2.75, 3.05) is 13.1 Å². The lowest BCUT2D eigenvalue weighted by Gasteiger charge is -2.21. The van der Waals surface area contributed by atoms with Crippen LogP contribution in [0.4, 0.5) is 0 Å². The third-order valence-corrected chi connectivity index (χ3v) is 7.30. The number of quaternary nitrogens is 1. The lowest BCUT2D eigenvalue weighted by atomic mass is 10.00. The highest BCUT2D eigenvalue weighted by Gasteiger charge is 2.34. The predicted molar refractivity (Wildman–Crippen MR) is 123 cm³/mol. The zero-order chi connectivity index (χ0) is 20.5.